The maximum absolute atomic E-state index is 13.1. The Bertz CT molecular complexity index is 2310. The summed E-state index contributed by atoms with van der Waals surface area (Å²) >= 11 is 0. The quantitative estimate of drug-likeness (QED) is 0.0169. The largest absolute Gasteiger partial charge is 0.472 e. The number of rotatable bonds is 76. The topological polar surface area (TPSA) is 237 Å². The molecule has 5 atom stereocenters. The summed E-state index contributed by atoms with van der Waals surface area (Å²) in [7, 11) is -9.96. The maximum atomic E-state index is 13.1. The van der Waals surface area contributed by atoms with E-state index in [9.17, 15) is 43.2 Å². The predicted molar refractivity (Wildman–Crippen MR) is 418 cm³/mol. The molecule has 3 N–H and O–H groups in total. The molecule has 0 amide bonds. The number of ether oxygens (including phenoxy) is 4. The van der Waals surface area contributed by atoms with Crippen molar-refractivity contribution in [2.24, 2.45) is 0 Å². The van der Waals surface area contributed by atoms with Gasteiger partial charge in [-0.1, -0.05) is 273 Å². The van der Waals surface area contributed by atoms with Gasteiger partial charge in [0.15, 0.2) is 12.2 Å². The summed E-state index contributed by atoms with van der Waals surface area (Å²) in [6.45, 7) is 4.71. The number of phosphoric ester groups is 2. The predicted octanol–water partition coefficient (Wildman–Crippen LogP) is 23.6. The number of aliphatic hydroxyl groups excluding tert-OH is 1. The molecule has 0 aromatic carbocycles. The molecule has 0 saturated carbocycles. The van der Waals surface area contributed by atoms with E-state index in [1.165, 1.54) is 103 Å². The zero-order chi connectivity index (χ0) is 74.6. The summed E-state index contributed by atoms with van der Waals surface area (Å²) in [4.78, 5) is 73.0. The van der Waals surface area contributed by atoms with Crippen LogP contribution in [-0.4, -0.2) is 96.7 Å². The Morgan fingerprint density at radius 3 is 0.814 bits per heavy atom. The van der Waals surface area contributed by atoms with Crippen molar-refractivity contribution in [3.63, 3.8) is 0 Å². The normalized spacial score (nSPS) is 14.4. The van der Waals surface area contributed by atoms with Crippen LogP contribution in [0.1, 0.15) is 349 Å². The Labute approximate surface area is 620 Å². The van der Waals surface area contributed by atoms with Gasteiger partial charge < -0.3 is 33.8 Å². The highest BCUT2D eigenvalue weighted by Crippen LogP contribution is 2.45. The molecule has 590 valence electrons. The molecule has 0 fully saturated rings. The number of allylic oxidation sites excluding steroid dienone is 16. The number of hydrogen-bond donors (Lipinski definition) is 3. The van der Waals surface area contributed by atoms with Gasteiger partial charge in [0.05, 0.1) is 26.4 Å². The van der Waals surface area contributed by atoms with Crippen molar-refractivity contribution in [1.82, 2.24) is 0 Å². The summed E-state index contributed by atoms with van der Waals surface area (Å²) in [5.41, 5.74) is 0. The zero-order valence-corrected chi connectivity index (χ0v) is 66.3. The smallest absolute Gasteiger partial charge is 0.462 e. The molecule has 0 aliphatic heterocycles. The van der Waals surface area contributed by atoms with E-state index in [-0.39, 0.29) is 25.7 Å². The van der Waals surface area contributed by atoms with Gasteiger partial charge in [-0.05, 0) is 148 Å². The summed E-state index contributed by atoms with van der Waals surface area (Å²) in [5, 5.41) is 10.6. The Morgan fingerprint density at radius 1 is 0.284 bits per heavy atom. The molecule has 0 heterocycles. The van der Waals surface area contributed by atoms with Crippen LogP contribution in [-0.2, 0) is 65.4 Å². The third kappa shape index (κ3) is 74.3. The van der Waals surface area contributed by atoms with Gasteiger partial charge >= 0.3 is 39.5 Å². The number of unbranched alkanes of at least 4 members (excludes halogenated alkanes) is 34. The standard InChI is InChI=1S/C83H146O17P2/c1-5-9-13-17-21-25-29-33-36-37-38-39-42-45-48-52-56-60-64-68-81(86)94-73-78(99-82(87)69-65-61-57-53-49-43-32-28-24-20-16-12-8-4)75-97-101(89,90)95-71-77(84)72-96-102(91,92)98-76-79(100-83(88)70-66-62-58-54-50-46-41-35-31-27-23-19-15-11-7-3)74-93-80(85)67-63-59-55-51-47-44-40-34-30-26-22-18-14-10-6-2/h9,13,21,25-26,28,30,32-33,35-36,38-39,41,45,48,77-79,84H,5-8,10-12,14-20,22-24,27,29,31,34,37,40,42-44,46-47,49-76H2,1-4H3,(H,89,90)(H,91,92)/b13-9-,25-21-,30-26-,32-28-,36-33-,39-38-,41-35-,48-45-/t77-,78-,79-/m1/s1. The average Bonchev–Trinajstić information content (AvgIpc) is 0.908. The van der Waals surface area contributed by atoms with Gasteiger partial charge in [-0.15, -0.1) is 0 Å². The molecule has 0 aliphatic rings. The lowest BCUT2D eigenvalue weighted by Gasteiger charge is -2.21. The van der Waals surface area contributed by atoms with Gasteiger partial charge in [0.1, 0.15) is 19.3 Å². The average molecular weight is 1480 g/mol. The van der Waals surface area contributed by atoms with E-state index in [1.54, 1.807) is 0 Å². The number of esters is 4. The second-order valence-corrected chi connectivity index (χ2v) is 29.9. The molecule has 0 rings (SSSR count). The van der Waals surface area contributed by atoms with Crippen LogP contribution in [0.5, 0.6) is 0 Å². The highest BCUT2D eigenvalue weighted by Gasteiger charge is 2.30. The minimum atomic E-state index is -4.98. The minimum Gasteiger partial charge on any atom is -0.462 e. The van der Waals surface area contributed by atoms with Crippen molar-refractivity contribution >= 4 is 39.5 Å². The van der Waals surface area contributed by atoms with Gasteiger partial charge in [0.2, 0.25) is 0 Å². The molecular formula is C83H146O17P2. The van der Waals surface area contributed by atoms with Gasteiger partial charge in [0.25, 0.3) is 0 Å². The van der Waals surface area contributed by atoms with Crippen LogP contribution in [0.3, 0.4) is 0 Å². The van der Waals surface area contributed by atoms with Crippen molar-refractivity contribution in [3.05, 3.63) is 97.2 Å². The second kappa shape index (κ2) is 75.2. The fourth-order valence-corrected chi connectivity index (χ4v) is 12.4. The fourth-order valence-electron chi connectivity index (χ4n) is 10.8. The molecule has 0 aromatic heterocycles. The Kier molecular flexibility index (Phi) is 72.3. The summed E-state index contributed by atoms with van der Waals surface area (Å²) in [6, 6.07) is 0. The van der Waals surface area contributed by atoms with E-state index in [0.29, 0.717) is 25.7 Å². The fraction of sp³-hybridized carbons (Fsp3) is 0.759. The van der Waals surface area contributed by atoms with Crippen molar-refractivity contribution in [2.75, 3.05) is 39.6 Å². The van der Waals surface area contributed by atoms with E-state index >= 15 is 0 Å². The van der Waals surface area contributed by atoms with Crippen LogP contribution in [0, 0.1) is 0 Å². The number of phosphoric acid groups is 2. The third-order valence-electron chi connectivity index (χ3n) is 17.0. The van der Waals surface area contributed by atoms with Gasteiger partial charge in [-0.2, -0.15) is 0 Å². The van der Waals surface area contributed by atoms with Gasteiger partial charge in [0, 0.05) is 25.7 Å². The van der Waals surface area contributed by atoms with E-state index in [2.05, 4.69) is 125 Å². The van der Waals surface area contributed by atoms with Crippen LogP contribution >= 0.6 is 15.6 Å². The van der Waals surface area contributed by atoms with Crippen molar-refractivity contribution in [3.8, 4) is 0 Å². The first-order chi connectivity index (χ1) is 49.7. The first kappa shape index (κ1) is 98.0. The highest BCUT2D eigenvalue weighted by atomic mass is 31.2. The first-order valence-electron chi connectivity index (χ1n) is 40.5. The molecule has 2 unspecified atom stereocenters. The summed E-state index contributed by atoms with van der Waals surface area (Å²) < 4.78 is 68.6. The summed E-state index contributed by atoms with van der Waals surface area (Å²) in [5.74, 6) is -2.22. The van der Waals surface area contributed by atoms with Crippen molar-refractivity contribution in [1.29, 1.82) is 0 Å². The van der Waals surface area contributed by atoms with Crippen LogP contribution in [0.4, 0.5) is 0 Å². The lowest BCUT2D eigenvalue weighted by molar-refractivity contribution is -0.161. The Morgan fingerprint density at radius 2 is 0.510 bits per heavy atom. The number of carbonyl (C=O) groups is 4. The molecule has 0 aromatic rings. The highest BCUT2D eigenvalue weighted by molar-refractivity contribution is 7.47. The second-order valence-electron chi connectivity index (χ2n) is 27.0. The molecule has 17 nitrogen and oxygen atoms in total. The Hall–Kier alpha value is -4.02. The molecule has 0 radical (unpaired) electrons. The molecular weight excluding hydrogens is 1330 g/mol. The van der Waals surface area contributed by atoms with Gasteiger partial charge in [-0.3, -0.25) is 37.3 Å². The Balaban J connectivity index is 5.37. The molecule has 0 saturated heterocycles. The first-order valence-corrected chi connectivity index (χ1v) is 43.5. The van der Waals surface area contributed by atoms with E-state index in [1.807, 2.05) is 0 Å². The lowest BCUT2D eigenvalue weighted by Crippen LogP contribution is -2.30. The van der Waals surface area contributed by atoms with Crippen molar-refractivity contribution in [2.45, 2.75) is 367 Å². The lowest BCUT2D eigenvalue weighted by atomic mass is 10.1. The SMILES string of the molecule is CC/C=C\C/C=C\C/C=C\C/C=C\C/C=C\CCCCCC(=O)OC[C@H](COP(=O)(O)OC[C@@H](O)COP(=O)(O)OC[C@@H](COC(=O)CCCCCCCCC/C=C\CCCCCC)OC(=O)CCCCCCC/C=C\CCCCCCCC)OC(=O)CCCCCCC/C=C\CCCCCC. The monoisotopic (exact) mass is 1480 g/mol. The van der Waals surface area contributed by atoms with Crippen LogP contribution in [0.2, 0.25) is 0 Å². The van der Waals surface area contributed by atoms with E-state index < -0.39 is 97.5 Å². The molecule has 0 bridgehead atoms. The maximum Gasteiger partial charge on any atom is 0.472 e. The van der Waals surface area contributed by atoms with Gasteiger partial charge in [-0.25, -0.2) is 9.13 Å². The molecule has 0 aliphatic carbocycles. The number of carbonyl (C=O) groups excluding carboxylic acids is 4. The summed E-state index contributed by atoms with van der Waals surface area (Å²) in [6.07, 6.45) is 79.5. The van der Waals surface area contributed by atoms with Crippen molar-refractivity contribution < 1.29 is 80.2 Å². The van der Waals surface area contributed by atoms with E-state index in [0.717, 1.165) is 167 Å². The number of hydrogen-bond acceptors (Lipinski definition) is 15. The van der Waals surface area contributed by atoms with Crippen LogP contribution in [0.15, 0.2) is 97.2 Å². The third-order valence-corrected chi connectivity index (χ3v) is 18.9. The minimum absolute atomic E-state index is 0.0771. The molecule has 102 heavy (non-hydrogen) atoms. The van der Waals surface area contributed by atoms with Crippen LogP contribution in [0.25, 0.3) is 0 Å². The molecule has 0 spiro atoms. The van der Waals surface area contributed by atoms with Crippen LogP contribution < -0.4 is 0 Å². The van der Waals surface area contributed by atoms with E-state index in [4.69, 9.17) is 37.0 Å². The number of aliphatic hydroxyl groups is 1. The zero-order valence-electron chi connectivity index (χ0n) is 64.5. The molecule has 19 heteroatoms.